The molecule has 3 rings (SSSR count). The van der Waals surface area contributed by atoms with E-state index in [1.165, 1.54) is 13.3 Å². The van der Waals surface area contributed by atoms with Crippen LogP contribution in [0.15, 0.2) is 47.4 Å². The molecule has 128 valence electrons. The summed E-state index contributed by atoms with van der Waals surface area (Å²) in [4.78, 5) is 31.2. The largest absolute Gasteiger partial charge is 0.481 e. The van der Waals surface area contributed by atoms with Gasteiger partial charge < -0.3 is 15.0 Å². The maximum atomic E-state index is 12.2. The highest BCUT2D eigenvalue weighted by molar-refractivity contribution is 5.90. The molecule has 1 aromatic carbocycles. The first-order valence-corrected chi connectivity index (χ1v) is 7.97. The number of benzene rings is 1. The fraction of sp³-hybridized carbons (Fsp3) is 0.211. The number of aromatic nitrogens is 2. The van der Waals surface area contributed by atoms with E-state index in [0.717, 1.165) is 16.5 Å². The molecule has 0 saturated heterocycles. The number of methoxy groups -OCH3 is 1. The smallest absolute Gasteiger partial charge is 0.251 e. The van der Waals surface area contributed by atoms with E-state index < -0.39 is 0 Å². The first-order valence-electron chi connectivity index (χ1n) is 7.97. The van der Waals surface area contributed by atoms with Gasteiger partial charge in [0.2, 0.25) is 11.8 Å². The monoisotopic (exact) mass is 337 g/mol. The number of aromatic amines is 1. The number of H-pyrrole nitrogens is 1. The van der Waals surface area contributed by atoms with Gasteiger partial charge in [-0.25, -0.2) is 4.98 Å². The highest BCUT2D eigenvalue weighted by Gasteiger charge is 2.08. The van der Waals surface area contributed by atoms with Crippen molar-refractivity contribution in [3.8, 4) is 5.88 Å². The maximum absolute atomic E-state index is 12.2. The van der Waals surface area contributed by atoms with Crippen LogP contribution in [-0.4, -0.2) is 23.0 Å². The molecule has 6 nitrogen and oxygen atoms in total. The minimum atomic E-state index is -0.171. The van der Waals surface area contributed by atoms with Gasteiger partial charge in [-0.2, -0.15) is 0 Å². The lowest BCUT2D eigenvalue weighted by Gasteiger charge is -2.06. The van der Waals surface area contributed by atoms with Gasteiger partial charge in [-0.1, -0.05) is 12.1 Å². The molecule has 25 heavy (non-hydrogen) atoms. The van der Waals surface area contributed by atoms with Crippen LogP contribution < -0.4 is 15.6 Å². The number of aryl methyl sites for hydroxylation is 2. The van der Waals surface area contributed by atoms with Crippen LogP contribution in [0.4, 0.5) is 5.69 Å². The van der Waals surface area contributed by atoms with E-state index in [1.807, 2.05) is 31.2 Å². The Bertz CT molecular complexity index is 962. The van der Waals surface area contributed by atoms with E-state index in [9.17, 15) is 9.59 Å². The Morgan fingerprint density at radius 3 is 2.80 bits per heavy atom. The zero-order chi connectivity index (χ0) is 17.8. The SMILES string of the molecule is COc1ccc(NC(=O)CCc2cc3ccc(C)cc3[nH]c2=O)cn1. The topological polar surface area (TPSA) is 84.1 Å². The third kappa shape index (κ3) is 4.03. The Morgan fingerprint density at radius 2 is 2.08 bits per heavy atom. The second kappa shape index (κ2) is 7.17. The third-order valence-corrected chi connectivity index (χ3v) is 3.93. The third-order valence-electron chi connectivity index (χ3n) is 3.93. The molecular formula is C19H19N3O3. The summed E-state index contributed by atoms with van der Waals surface area (Å²) in [5, 5.41) is 3.72. The lowest BCUT2D eigenvalue weighted by molar-refractivity contribution is -0.116. The van der Waals surface area contributed by atoms with Gasteiger partial charge in [-0.05, 0) is 42.5 Å². The van der Waals surface area contributed by atoms with Gasteiger partial charge in [0.05, 0.1) is 19.0 Å². The van der Waals surface area contributed by atoms with Crippen molar-refractivity contribution in [1.82, 2.24) is 9.97 Å². The molecule has 0 saturated carbocycles. The molecule has 0 radical (unpaired) electrons. The van der Waals surface area contributed by atoms with Gasteiger partial charge in [0, 0.05) is 23.6 Å². The number of nitrogens with one attached hydrogen (secondary N) is 2. The Morgan fingerprint density at radius 1 is 1.24 bits per heavy atom. The summed E-state index contributed by atoms with van der Waals surface area (Å²) in [6.07, 6.45) is 2.11. The zero-order valence-electron chi connectivity index (χ0n) is 14.1. The van der Waals surface area contributed by atoms with Crippen molar-refractivity contribution in [3.63, 3.8) is 0 Å². The summed E-state index contributed by atoms with van der Waals surface area (Å²) in [7, 11) is 1.53. The number of ether oxygens (including phenoxy) is 1. The predicted molar refractivity (Wildman–Crippen MR) is 97.0 cm³/mol. The molecule has 0 spiro atoms. The van der Waals surface area contributed by atoms with E-state index in [-0.39, 0.29) is 17.9 Å². The van der Waals surface area contributed by atoms with Gasteiger partial charge in [0.1, 0.15) is 0 Å². The highest BCUT2D eigenvalue weighted by Crippen LogP contribution is 2.14. The van der Waals surface area contributed by atoms with Crippen LogP contribution in [0.1, 0.15) is 17.5 Å². The van der Waals surface area contributed by atoms with E-state index in [1.54, 1.807) is 12.1 Å². The van der Waals surface area contributed by atoms with E-state index >= 15 is 0 Å². The number of fused-ring (bicyclic) bond motifs is 1. The fourth-order valence-electron chi connectivity index (χ4n) is 2.59. The molecule has 2 aromatic heterocycles. The number of carbonyl (C=O) groups excluding carboxylic acids is 1. The number of hydrogen-bond donors (Lipinski definition) is 2. The molecule has 3 aromatic rings. The standard InChI is InChI=1S/C19H19N3O3/c1-12-3-4-13-10-14(19(24)22-16(13)9-12)5-7-17(23)21-15-6-8-18(25-2)20-11-15/h3-4,6,8-11H,5,7H2,1-2H3,(H,21,23)(H,22,24). The molecular weight excluding hydrogens is 318 g/mol. The van der Waals surface area contributed by atoms with Gasteiger partial charge >= 0.3 is 0 Å². The van der Waals surface area contributed by atoms with Crippen LogP contribution >= 0.6 is 0 Å². The van der Waals surface area contributed by atoms with Crippen LogP contribution in [0, 0.1) is 6.92 Å². The molecule has 6 heteroatoms. The molecule has 0 unspecified atom stereocenters. The average Bonchev–Trinajstić information content (AvgIpc) is 2.60. The number of nitrogens with zero attached hydrogens (tertiary/aromatic N) is 1. The minimum absolute atomic E-state index is 0.156. The van der Waals surface area contributed by atoms with Gasteiger partial charge in [0.15, 0.2) is 0 Å². The first-order chi connectivity index (χ1) is 12.0. The quantitative estimate of drug-likeness (QED) is 0.750. The average molecular weight is 337 g/mol. The van der Waals surface area contributed by atoms with Crippen molar-refractivity contribution in [2.45, 2.75) is 19.8 Å². The molecule has 0 bridgehead atoms. The minimum Gasteiger partial charge on any atom is -0.481 e. The molecule has 0 aliphatic carbocycles. The molecule has 2 N–H and O–H groups in total. The summed E-state index contributed by atoms with van der Waals surface area (Å²) in [6.45, 7) is 1.98. The molecule has 1 amide bonds. The number of anilines is 1. The maximum Gasteiger partial charge on any atom is 0.251 e. The molecule has 0 atom stereocenters. The highest BCUT2D eigenvalue weighted by atomic mass is 16.5. The number of carbonyl (C=O) groups is 1. The molecule has 2 heterocycles. The van der Waals surface area contributed by atoms with Gasteiger partial charge in [-0.15, -0.1) is 0 Å². The number of amides is 1. The van der Waals surface area contributed by atoms with Crippen molar-refractivity contribution < 1.29 is 9.53 Å². The van der Waals surface area contributed by atoms with Crippen molar-refractivity contribution in [3.05, 3.63) is 64.1 Å². The number of rotatable bonds is 5. The zero-order valence-corrected chi connectivity index (χ0v) is 14.1. The van der Waals surface area contributed by atoms with Crippen molar-refractivity contribution in [1.29, 1.82) is 0 Å². The van der Waals surface area contributed by atoms with Gasteiger partial charge in [-0.3, -0.25) is 9.59 Å². The van der Waals surface area contributed by atoms with Crippen molar-refractivity contribution in [2.75, 3.05) is 12.4 Å². The second-order valence-electron chi connectivity index (χ2n) is 5.85. The second-order valence-corrected chi connectivity index (χ2v) is 5.85. The first kappa shape index (κ1) is 16.7. The lowest BCUT2D eigenvalue weighted by Crippen LogP contribution is -2.17. The van der Waals surface area contributed by atoms with E-state index in [4.69, 9.17) is 4.74 Å². The normalized spacial score (nSPS) is 10.6. The van der Waals surface area contributed by atoms with Crippen molar-refractivity contribution >= 4 is 22.5 Å². The van der Waals surface area contributed by atoms with Crippen LogP contribution in [0.5, 0.6) is 5.88 Å². The van der Waals surface area contributed by atoms with E-state index in [2.05, 4.69) is 15.3 Å². The summed E-state index contributed by atoms with van der Waals surface area (Å²) in [5.74, 6) is 0.311. The van der Waals surface area contributed by atoms with Crippen LogP contribution in [-0.2, 0) is 11.2 Å². The summed E-state index contributed by atoms with van der Waals surface area (Å²) < 4.78 is 4.97. The molecule has 0 fully saturated rings. The predicted octanol–water partition coefficient (Wildman–Crippen LogP) is 2.81. The molecule has 0 aliphatic heterocycles. The summed E-state index contributed by atoms with van der Waals surface area (Å²) in [6, 6.07) is 11.1. The van der Waals surface area contributed by atoms with Crippen LogP contribution in [0.2, 0.25) is 0 Å². The van der Waals surface area contributed by atoms with Crippen LogP contribution in [0.25, 0.3) is 10.9 Å². The lowest BCUT2D eigenvalue weighted by atomic mass is 10.1. The Kier molecular flexibility index (Phi) is 4.79. The summed E-state index contributed by atoms with van der Waals surface area (Å²) in [5.41, 5.74) is 2.93. The van der Waals surface area contributed by atoms with Crippen LogP contribution in [0.3, 0.4) is 0 Å². The van der Waals surface area contributed by atoms with E-state index in [0.29, 0.717) is 23.6 Å². The number of hydrogen-bond acceptors (Lipinski definition) is 4. The Balaban J connectivity index is 1.67. The fourth-order valence-corrected chi connectivity index (χ4v) is 2.59. The number of pyridine rings is 2. The molecule has 0 aliphatic rings. The van der Waals surface area contributed by atoms with Crippen molar-refractivity contribution in [2.24, 2.45) is 0 Å². The Hall–Kier alpha value is -3.15. The Labute approximate surface area is 144 Å². The summed E-state index contributed by atoms with van der Waals surface area (Å²) >= 11 is 0. The van der Waals surface area contributed by atoms with Gasteiger partial charge in [0.25, 0.3) is 5.56 Å².